The van der Waals surface area contributed by atoms with Crippen molar-refractivity contribution in [3.63, 3.8) is 0 Å². The van der Waals surface area contributed by atoms with Crippen molar-refractivity contribution in [2.24, 2.45) is 0 Å². The Balaban J connectivity index is 1.65. The Bertz CT molecular complexity index is 867. The number of ether oxygens (including phenoxy) is 2. The summed E-state index contributed by atoms with van der Waals surface area (Å²) in [6.45, 7) is 3.43. The van der Waals surface area contributed by atoms with Crippen LogP contribution in [0.4, 0.5) is 4.79 Å². The lowest BCUT2D eigenvalue weighted by atomic mass is 9.87. The van der Waals surface area contributed by atoms with Crippen LogP contribution in [0.2, 0.25) is 0 Å². The number of hydrogen-bond acceptors (Lipinski definition) is 5. The summed E-state index contributed by atoms with van der Waals surface area (Å²) >= 11 is 0. The van der Waals surface area contributed by atoms with E-state index < -0.39 is 5.54 Å². The third-order valence-corrected chi connectivity index (χ3v) is 6.07. The first-order valence-electron chi connectivity index (χ1n) is 11.0. The molecule has 0 bridgehead atoms. The molecule has 7 heteroatoms. The molecule has 0 aromatic heterocycles. The number of nitrogens with zero attached hydrogens (tertiary/aromatic N) is 2. The molecule has 1 N–H and O–H groups in total. The fraction of sp³-hybridized carbons (Fsp3) is 0.440. The molecule has 1 aliphatic heterocycles. The lowest BCUT2D eigenvalue weighted by Gasteiger charge is -2.45. The highest BCUT2D eigenvalue weighted by Crippen LogP contribution is 2.28. The highest BCUT2D eigenvalue weighted by Gasteiger charge is 2.42. The van der Waals surface area contributed by atoms with Crippen molar-refractivity contribution < 1.29 is 19.1 Å². The van der Waals surface area contributed by atoms with Gasteiger partial charge in [0.1, 0.15) is 17.6 Å². The SMILES string of the molecule is COCCN(C(=O)NCc1cccc(OC)c1)C1(C=O)CCN(Cc2ccccc2)CC1. The molecule has 0 atom stereocenters. The molecule has 3 rings (SSSR count). The molecule has 172 valence electrons. The molecule has 0 spiro atoms. The Hall–Kier alpha value is -2.90. The van der Waals surface area contributed by atoms with Crippen molar-refractivity contribution in [1.82, 2.24) is 15.1 Å². The van der Waals surface area contributed by atoms with E-state index in [2.05, 4.69) is 22.3 Å². The lowest BCUT2D eigenvalue weighted by molar-refractivity contribution is -0.120. The van der Waals surface area contributed by atoms with Gasteiger partial charge in [-0.1, -0.05) is 42.5 Å². The van der Waals surface area contributed by atoms with Gasteiger partial charge in [0.2, 0.25) is 0 Å². The van der Waals surface area contributed by atoms with Crippen molar-refractivity contribution in [2.45, 2.75) is 31.5 Å². The number of amides is 2. The second-order valence-corrected chi connectivity index (χ2v) is 8.14. The van der Waals surface area contributed by atoms with Crippen molar-refractivity contribution >= 4 is 12.3 Å². The molecule has 7 nitrogen and oxygen atoms in total. The average Bonchev–Trinajstić information content (AvgIpc) is 2.84. The van der Waals surface area contributed by atoms with Gasteiger partial charge in [-0.25, -0.2) is 4.79 Å². The summed E-state index contributed by atoms with van der Waals surface area (Å²) in [4.78, 5) is 29.5. The summed E-state index contributed by atoms with van der Waals surface area (Å²) in [7, 11) is 3.21. The van der Waals surface area contributed by atoms with Crippen LogP contribution in [0, 0.1) is 0 Å². The number of aldehydes is 1. The minimum absolute atomic E-state index is 0.256. The molecule has 1 aliphatic rings. The van der Waals surface area contributed by atoms with Crippen LogP contribution in [0.3, 0.4) is 0 Å². The van der Waals surface area contributed by atoms with Crippen molar-refractivity contribution in [3.05, 3.63) is 65.7 Å². The van der Waals surface area contributed by atoms with E-state index in [1.54, 1.807) is 19.1 Å². The number of methoxy groups -OCH3 is 2. The zero-order chi connectivity index (χ0) is 22.8. The standard InChI is InChI=1S/C25H33N3O4/c1-31-16-15-28(24(30)26-18-22-9-6-10-23(17-22)32-2)25(20-29)11-13-27(14-12-25)19-21-7-4-3-5-8-21/h3-10,17,20H,11-16,18-19H2,1-2H3,(H,26,30). The molecular weight excluding hydrogens is 406 g/mol. The van der Waals surface area contributed by atoms with Gasteiger partial charge in [-0.15, -0.1) is 0 Å². The third kappa shape index (κ3) is 6.08. The number of rotatable bonds is 10. The van der Waals surface area contributed by atoms with Gasteiger partial charge in [0, 0.05) is 39.8 Å². The summed E-state index contributed by atoms with van der Waals surface area (Å²) in [5.41, 5.74) is 1.35. The average molecular weight is 440 g/mol. The van der Waals surface area contributed by atoms with Crippen LogP contribution < -0.4 is 10.1 Å². The quantitative estimate of drug-likeness (QED) is 0.576. The zero-order valence-electron chi connectivity index (χ0n) is 19.0. The van der Waals surface area contributed by atoms with Crippen LogP contribution in [0.25, 0.3) is 0 Å². The smallest absolute Gasteiger partial charge is 0.318 e. The van der Waals surface area contributed by atoms with E-state index in [9.17, 15) is 9.59 Å². The Morgan fingerprint density at radius 2 is 1.81 bits per heavy atom. The molecule has 2 aromatic rings. The van der Waals surface area contributed by atoms with E-state index in [0.717, 1.165) is 37.2 Å². The Labute approximate surface area is 190 Å². The lowest BCUT2D eigenvalue weighted by Crippen LogP contribution is -2.61. The van der Waals surface area contributed by atoms with Crippen LogP contribution in [0.1, 0.15) is 24.0 Å². The Morgan fingerprint density at radius 1 is 1.09 bits per heavy atom. The summed E-state index contributed by atoms with van der Waals surface area (Å²) < 4.78 is 10.5. The van der Waals surface area contributed by atoms with E-state index in [1.807, 2.05) is 42.5 Å². The number of likely N-dealkylation sites (tertiary alicyclic amines) is 1. The topological polar surface area (TPSA) is 71.1 Å². The number of nitrogens with one attached hydrogen (secondary N) is 1. The predicted molar refractivity (Wildman–Crippen MR) is 124 cm³/mol. The maximum Gasteiger partial charge on any atom is 0.318 e. The predicted octanol–water partition coefficient (Wildman–Crippen LogP) is 3.09. The molecule has 1 fully saturated rings. The van der Waals surface area contributed by atoms with Crippen molar-refractivity contribution in [3.8, 4) is 5.75 Å². The molecule has 0 saturated carbocycles. The van der Waals surface area contributed by atoms with Gasteiger partial charge < -0.3 is 24.5 Å². The van der Waals surface area contributed by atoms with Crippen LogP contribution >= 0.6 is 0 Å². The molecule has 1 heterocycles. The van der Waals surface area contributed by atoms with E-state index >= 15 is 0 Å². The molecule has 32 heavy (non-hydrogen) atoms. The molecule has 0 radical (unpaired) electrons. The minimum Gasteiger partial charge on any atom is -0.497 e. The first-order chi connectivity index (χ1) is 15.6. The van der Waals surface area contributed by atoms with Crippen LogP contribution in [0.5, 0.6) is 5.75 Å². The summed E-state index contributed by atoms with van der Waals surface area (Å²) in [6, 6.07) is 17.6. The number of benzene rings is 2. The summed E-state index contributed by atoms with van der Waals surface area (Å²) in [5, 5.41) is 2.97. The fourth-order valence-corrected chi connectivity index (χ4v) is 4.16. The van der Waals surface area contributed by atoms with Gasteiger partial charge in [-0.05, 0) is 36.1 Å². The maximum atomic E-state index is 13.2. The Morgan fingerprint density at radius 3 is 2.47 bits per heavy atom. The van der Waals surface area contributed by atoms with E-state index in [4.69, 9.17) is 9.47 Å². The molecule has 2 amide bonds. The van der Waals surface area contributed by atoms with Crippen LogP contribution in [-0.2, 0) is 22.6 Å². The number of piperidine rings is 1. The first kappa shape index (κ1) is 23.8. The normalized spacial score (nSPS) is 15.7. The number of carbonyl (C=O) groups is 2. The van der Waals surface area contributed by atoms with Gasteiger partial charge in [0.25, 0.3) is 0 Å². The fourth-order valence-electron chi connectivity index (χ4n) is 4.16. The molecule has 0 unspecified atom stereocenters. The van der Waals surface area contributed by atoms with Gasteiger partial charge in [-0.2, -0.15) is 0 Å². The van der Waals surface area contributed by atoms with Gasteiger partial charge in [0.15, 0.2) is 0 Å². The molecule has 1 saturated heterocycles. The van der Waals surface area contributed by atoms with Gasteiger partial charge >= 0.3 is 6.03 Å². The summed E-state index contributed by atoms with van der Waals surface area (Å²) in [5.74, 6) is 0.739. The molecular formula is C25H33N3O4. The van der Waals surface area contributed by atoms with Crippen LogP contribution in [-0.4, -0.2) is 68.1 Å². The monoisotopic (exact) mass is 439 g/mol. The van der Waals surface area contributed by atoms with Gasteiger partial charge in [0.05, 0.1) is 13.7 Å². The summed E-state index contributed by atoms with van der Waals surface area (Å²) in [6.07, 6.45) is 2.15. The number of carbonyl (C=O) groups excluding carboxylic acids is 2. The largest absolute Gasteiger partial charge is 0.497 e. The number of urea groups is 1. The third-order valence-electron chi connectivity index (χ3n) is 6.07. The molecule has 0 aliphatic carbocycles. The zero-order valence-corrected chi connectivity index (χ0v) is 19.0. The maximum absolute atomic E-state index is 13.2. The van der Waals surface area contributed by atoms with Crippen molar-refractivity contribution in [1.29, 1.82) is 0 Å². The van der Waals surface area contributed by atoms with Gasteiger partial charge in [-0.3, -0.25) is 4.90 Å². The second-order valence-electron chi connectivity index (χ2n) is 8.14. The Kier molecular flexibility index (Phi) is 8.64. The van der Waals surface area contributed by atoms with E-state index in [-0.39, 0.29) is 6.03 Å². The highest BCUT2D eigenvalue weighted by atomic mass is 16.5. The first-order valence-corrected chi connectivity index (χ1v) is 11.0. The number of hydrogen-bond donors (Lipinski definition) is 1. The van der Waals surface area contributed by atoms with Crippen LogP contribution in [0.15, 0.2) is 54.6 Å². The van der Waals surface area contributed by atoms with E-state index in [1.165, 1.54) is 5.56 Å². The highest BCUT2D eigenvalue weighted by molar-refractivity contribution is 5.80. The molecule has 2 aromatic carbocycles. The minimum atomic E-state index is -0.829. The second kappa shape index (κ2) is 11.6. The van der Waals surface area contributed by atoms with Crippen molar-refractivity contribution in [2.75, 3.05) is 40.5 Å². The van der Waals surface area contributed by atoms with E-state index in [0.29, 0.717) is 32.5 Å².